The zero-order chi connectivity index (χ0) is 33.9. The molecule has 0 aliphatic carbocycles. The molecule has 8 aromatic rings. The first kappa shape index (κ1) is 29.7. The van der Waals surface area contributed by atoms with Crippen molar-refractivity contribution in [3.8, 4) is 33.4 Å². The summed E-state index contributed by atoms with van der Waals surface area (Å²) in [5.41, 5.74) is 12.0. The first-order valence-corrected chi connectivity index (χ1v) is 19.1. The molecule has 242 valence electrons. The van der Waals surface area contributed by atoms with E-state index in [9.17, 15) is 0 Å². The van der Waals surface area contributed by atoms with Crippen LogP contribution in [0.3, 0.4) is 0 Å². The molecule has 3 nitrogen and oxygen atoms in total. The second kappa shape index (κ2) is 11.7. The van der Waals surface area contributed by atoms with Gasteiger partial charge >= 0.3 is 0 Å². The Morgan fingerprint density at radius 3 is 1.80 bits per heavy atom. The molecule has 4 heteroatoms. The molecule has 1 unspecified atom stereocenters. The molecule has 0 saturated carbocycles. The van der Waals surface area contributed by atoms with Gasteiger partial charge in [-0.1, -0.05) is 164 Å². The number of nitrogens with zero attached hydrogens (tertiary/aromatic N) is 1. The molecular formula is C47H33N2OP. The van der Waals surface area contributed by atoms with E-state index in [2.05, 4.69) is 132 Å². The van der Waals surface area contributed by atoms with Crippen LogP contribution >= 0.6 is 7.14 Å². The number of rotatable bonds is 5. The van der Waals surface area contributed by atoms with Crippen molar-refractivity contribution in [3.63, 3.8) is 0 Å². The Labute approximate surface area is 297 Å². The molecule has 2 heterocycles. The minimum Gasteiger partial charge on any atom is -0.359 e. The van der Waals surface area contributed by atoms with Crippen LogP contribution in [0.15, 0.2) is 188 Å². The van der Waals surface area contributed by atoms with Gasteiger partial charge in [0.25, 0.3) is 0 Å². The van der Waals surface area contributed by atoms with Gasteiger partial charge in [0.15, 0.2) is 7.14 Å². The Hall–Kier alpha value is -6.15. The first-order chi connectivity index (χ1) is 25.2. The van der Waals surface area contributed by atoms with Crippen molar-refractivity contribution >= 4 is 50.9 Å². The number of fused-ring (bicyclic) bond motifs is 9. The van der Waals surface area contributed by atoms with Crippen LogP contribution in [0.2, 0.25) is 0 Å². The molecule has 1 atom stereocenters. The SMILES string of the molecule is O=P(c1ccccc1)(c1ccccc1)c1cccc2c(-c3ccc(-c4ccc5c(c4)C4Nc6ccccc6N4c4ccccc4-5)cc3)cccc12. The molecule has 0 saturated heterocycles. The van der Waals surface area contributed by atoms with E-state index < -0.39 is 7.14 Å². The molecule has 0 amide bonds. The zero-order valence-electron chi connectivity index (χ0n) is 27.8. The molecule has 0 fully saturated rings. The number of nitrogens with one attached hydrogen (secondary N) is 1. The van der Waals surface area contributed by atoms with Crippen molar-refractivity contribution in [2.45, 2.75) is 6.17 Å². The Bertz CT molecular complexity index is 2610. The molecule has 51 heavy (non-hydrogen) atoms. The van der Waals surface area contributed by atoms with E-state index in [-0.39, 0.29) is 6.17 Å². The van der Waals surface area contributed by atoms with E-state index in [0.717, 1.165) is 43.5 Å². The highest BCUT2D eigenvalue weighted by Crippen LogP contribution is 2.54. The number of hydrogen-bond donors (Lipinski definition) is 1. The lowest BCUT2D eigenvalue weighted by Crippen LogP contribution is -2.27. The van der Waals surface area contributed by atoms with Crippen molar-refractivity contribution in [2.24, 2.45) is 0 Å². The third-order valence-electron chi connectivity index (χ3n) is 10.5. The Kier molecular flexibility index (Phi) is 6.84. The summed E-state index contributed by atoms with van der Waals surface area (Å²) < 4.78 is 15.4. The van der Waals surface area contributed by atoms with Gasteiger partial charge in [-0.15, -0.1) is 0 Å². The quantitative estimate of drug-likeness (QED) is 0.185. The van der Waals surface area contributed by atoms with Gasteiger partial charge in [-0.05, 0) is 62.9 Å². The molecule has 0 radical (unpaired) electrons. The maximum Gasteiger partial charge on any atom is 0.171 e. The van der Waals surface area contributed by atoms with Crippen molar-refractivity contribution in [1.82, 2.24) is 0 Å². The predicted molar refractivity (Wildman–Crippen MR) is 215 cm³/mol. The van der Waals surface area contributed by atoms with Crippen molar-refractivity contribution < 1.29 is 4.57 Å². The van der Waals surface area contributed by atoms with Crippen molar-refractivity contribution in [3.05, 3.63) is 194 Å². The lowest BCUT2D eigenvalue weighted by Gasteiger charge is -2.35. The van der Waals surface area contributed by atoms with Gasteiger partial charge in [-0.25, -0.2) is 0 Å². The van der Waals surface area contributed by atoms with Gasteiger partial charge in [-0.2, -0.15) is 0 Å². The van der Waals surface area contributed by atoms with Crippen LogP contribution in [0.4, 0.5) is 17.1 Å². The first-order valence-electron chi connectivity index (χ1n) is 17.4. The van der Waals surface area contributed by atoms with E-state index in [1.807, 2.05) is 66.7 Å². The zero-order valence-corrected chi connectivity index (χ0v) is 28.7. The maximum absolute atomic E-state index is 15.4. The lowest BCUT2D eigenvalue weighted by atomic mass is 9.88. The number of anilines is 3. The summed E-state index contributed by atoms with van der Waals surface area (Å²) in [5, 5.41) is 8.45. The van der Waals surface area contributed by atoms with Gasteiger partial charge in [0, 0.05) is 27.0 Å². The third-order valence-corrected chi connectivity index (χ3v) is 13.6. The summed E-state index contributed by atoms with van der Waals surface area (Å²) >= 11 is 0. The largest absolute Gasteiger partial charge is 0.359 e. The average molecular weight is 673 g/mol. The highest BCUT2D eigenvalue weighted by molar-refractivity contribution is 7.85. The van der Waals surface area contributed by atoms with Crippen LogP contribution in [0.25, 0.3) is 44.2 Å². The summed E-state index contributed by atoms with van der Waals surface area (Å²) in [6.07, 6.45) is 0.0270. The van der Waals surface area contributed by atoms with Gasteiger partial charge < -0.3 is 14.8 Å². The molecule has 0 aromatic heterocycles. The molecule has 10 rings (SSSR count). The van der Waals surface area contributed by atoms with E-state index in [4.69, 9.17) is 0 Å². The van der Waals surface area contributed by atoms with E-state index >= 15 is 4.57 Å². The van der Waals surface area contributed by atoms with Crippen LogP contribution in [0, 0.1) is 0 Å². The van der Waals surface area contributed by atoms with Gasteiger partial charge in [0.05, 0.1) is 17.1 Å². The smallest absolute Gasteiger partial charge is 0.171 e. The minimum absolute atomic E-state index is 0.0270. The molecule has 0 bridgehead atoms. The van der Waals surface area contributed by atoms with E-state index in [0.29, 0.717) is 0 Å². The van der Waals surface area contributed by atoms with Gasteiger partial charge in [0.2, 0.25) is 0 Å². The number of benzene rings is 8. The summed E-state index contributed by atoms with van der Waals surface area (Å²) in [6, 6.07) is 65.5. The number of hydrogen-bond acceptors (Lipinski definition) is 3. The molecule has 1 N–H and O–H groups in total. The normalized spacial score (nSPS) is 14.3. The fraction of sp³-hybridized carbons (Fsp3) is 0.0213. The topological polar surface area (TPSA) is 32.3 Å². The van der Waals surface area contributed by atoms with Crippen molar-refractivity contribution in [1.29, 1.82) is 0 Å². The highest BCUT2D eigenvalue weighted by Gasteiger charge is 2.37. The summed E-state index contributed by atoms with van der Waals surface area (Å²) in [4.78, 5) is 2.43. The molecule has 8 aromatic carbocycles. The maximum atomic E-state index is 15.4. The standard InChI is InChI=1S/C47H33N2OP/c50-51(35-13-3-1-4-14-35,36-15-5-2-6-16-36)46-24-12-19-38-37(18-11-20-41(38)46)33-27-25-32(26-28-33)34-29-30-39-40-17-7-9-22-44(40)49-45-23-10-8-21-43(45)48-47(49)42(39)31-34/h1-31,47-48H. The summed E-state index contributed by atoms with van der Waals surface area (Å²) in [6.45, 7) is 0. The van der Waals surface area contributed by atoms with E-state index in [1.54, 1.807) is 0 Å². The van der Waals surface area contributed by atoms with E-state index in [1.165, 1.54) is 39.2 Å². The minimum atomic E-state index is -3.15. The highest BCUT2D eigenvalue weighted by atomic mass is 31.2. The summed E-state index contributed by atoms with van der Waals surface area (Å²) in [5.74, 6) is 0. The van der Waals surface area contributed by atoms with Crippen LogP contribution in [0.5, 0.6) is 0 Å². The summed E-state index contributed by atoms with van der Waals surface area (Å²) in [7, 11) is -3.15. The molecule has 2 aliphatic heterocycles. The Morgan fingerprint density at radius 2 is 1.04 bits per heavy atom. The fourth-order valence-corrected chi connectivity index (χ4v) is 11.0. The second-order valence-corrected chi connectivity index (χ2v) is 16.0. The van der Waals surface area contributed by atoms with Gasteiger partial charge in [-0.3, -0.25) is 0 Å². The Morgan fingerprint density at radius 1 is 0.451 bits per heavy atom. The molecular weight excluding hydrogens is 640 g/mol. The van der Waals surface area contributed by atoms with Crippen LogP contribution in [0.1, 0.15) is 11.7 Å². The molecule has 2 aliphatic rings. The van der Waals surface area contributed by atoms with Crippen LogP contribution in [-0.4, -0.2) is 0 Å². The number of para-hydroxylation sites is 3. The third kappa shape index (κ3) is 4.63. The lowest BCUT2D eigenvalue weighted by molar-refractivity contribution is 0.592. The second-order valence-electron chi connectivity index (χ2n) is 13.3. The van der Waals surface area contributed by atoms with Crippen LogP contribution in [-0.2, 0) is 4.57 Å². The average Bonchev–Trinajstić information content (AvgIpc) is 3.61. The predicted octanol–water partition coefficient (Wildman–Crippen LogP) is 11.1. The molecule has 0 spiro atoms. The van der Waals surface area contributed by atoms with Crippen molar-refractivity contribution in [2.75, 3.05) is 10.2 Å². The Balaban J connectivity index is 1.05. The van der Waals surface area contributed by atoms with Gasteiger partial charge in [0.1, 0.15) is 6.17 Å². The monoisotopic (exact) mass is 672 g/mol. The van der Waals surface area contributed by atoms with Crippen LogP contribution < -0.4 is 26.1 Å². The fourth-order valence-electron chi connectivity index (χ4n) is 8.13.